The standard InChI is InChI=1S/2C6H8O7.Bi.3Ca.9H/c2*7-3(8)1-6(13,5(11)12)2-4(9)10;;;;;;;;;;;;;/h2*13H,1-2H2,(H,7,8)(H,9,10)(H,11,12);;;;;;;;;;;;;. The van der Waals surface area contributed by atoms with Gasteiger partial charge in [-0.2, -0.15) is 0 Å². The zero-order valence-electron chi connectivity index (χ0n) is 13.6. The number of carboxylic acid groups (broad SMARTS) is 6. The van der Waals surface area contributed by atoms with Crippen molar-refractivity contribution in [1.82, 2.24) is 0 Å². The molecular weight excluding hydrogens is 697 g/mol. The van der Waals surface area contributed by atoms with Crippen LogP contribution in [0.5, 0.6) is 0 Å². The molecule has 0 heterocycles. The second kappa shape index (κ2) is 21.0. The molecule has 0 atom stereocenters. The normalized spacial score (nSPS) is 9.40. The molecule has 0 saturated heterocycles. The van der Waals surface area contributed by atoms with Crippen molar-refractivity contribution in [1.29, 1.82) is 0 Å². The summed E-state index contributed by atoms with van der Waals surface area (Å²) in [5.74, 6) is -10.0. The van der Waals surface area contributed by atoms with E-state index in [2.05, 4.69) is 0 Å². The molecule has 8 N–H and O–H groups in total. The summed E-state index contributed by atoms with van der Waals surface area (Å²) in [5.41, 5.74) is -5.48. The van der Waals surface area contributed by atoms with E-state index < -0.39 is 72.7 Å². The van der Waals surface area contributed by atoms with Crippen LogP contribution in [0.4, 0.5) is 0 Å². The van der Waals surface area contributed by atoms with Crippen molar-refractivity contribution in [2.45, 2.75) is 36.9 Å². The third-order valence-corrected chi connectivity index (χ3v) is 2.57. The number of hydrogen-bond acceptors (Lipinski definition) is 8. The molecule has 0 aromatic rings. The first-order valence-electron chi connectivity index (χ1n) is 6.34. The van der Waals surface area contributed by atoms with Crippen LogP contribution in [-0.4, -0.2) is 227 Å². The fraction of sp³-hybridized carbons (Fsp3) is 0.500. The molecular formula is C12H25BiCa3O14. The van der Waals surface area contributed by atoms with Gasteiger partial charge in [0, 0.05) is 0 Å². The molecule has 168 valence electrons. The van der Waals surface area contributed by atoms with Crippen LogP contribution in [0.15, 0.2) is 0 Å². The molecule has 18 heteroatoms. The topological polar surface area (TPSA) is 264 Å². The third-order valence-electron chi connectivity index (χ3n) is 2.57. The Labute approximate surface area is 277 Å². The average molecular weight is 723 g/mol. The van der Waals surface area contributed by atoms with Gasteiger partial charge in [0.15, 0.2) is 11.2 Å². The van der Waals surface area contributed by atoms with Gasteiger partial charge in [0.1, 0.15) is 0 Å². The van der Waals surface area contributed by atoms with E-state index in [1.807, 2.05) is 0 Å². The third kappa shape index (κ3) is 21.3. The van der Waals surface area contributed by atoms with Crippen LogP contribution < -0.4 is 0 Å². The van der Waals surface area contributed by atoms with Gasteiger partial charge in [-0.1, -0.05) is 0 Å². The molecule has 0 fully saturated rings. The monoisotopic (exact) mass is 722 g/mol. The number of aliphatic carboxylic acids is 6. The zero-order chi connectivity index (χ0) is 21.3. The predicted molar refractivity (Wildman–Crippen MR) is 110 cm³/mol. The van der Waals surface area contributed by atoms with Crippen LogP contribution >= 0.6 is 0 Å². The molecule has 0 aromatic carbocycles. The Balaban J connectivity index is -0.0000000847. The quantitative estimate of drug-likeness (QED) is 0.0976. The Morgan fingerprint density at radius 1 is 0.467 bits per heavy atom. The summed E-state index contributed by atoms with van der Waals surface area (Å²) in [6, 6.07) is 0. The summed E-state index contributed by atoms with van der Waals surface area (Å²) < 4.78 is 0. The van der Waals surface area contributed by atoms with Crippen LogP contribution in [0.1, 0.15) is 25.7 Å². The van der Waals surface area contributed by atoms with E-state index in [1.165, 1.54) is 0 Å². The summed E-state index contributed by atoms with van der Waals surface area (Å²) in [7, 11) is 0. The van der Waals surface area contributed by atoms with Gasteiger partial charge in [0.05, 0.1) is 25.7 Å². The number of carboxylic acids is 6. The molecule has 0 rings (SSSR count). The number of aliphatic hydroxyl groups is 2. The van der Waals surface area contributed by atoms with Crippen molar-refractivity contribution in [3.63, 3.8) is 0 Å². The molecule has 14 nitrogen and oxygen atoms in total. The molecule has 0 saturated carbocycles. The summed E-state index contributed by atoms with van der Waals surface area (Å²) in [4.78, 5) is 61.0. The maximum atomic E-state index is 10.3. The van der Waals surface area contributed by atoms with Gasteiger partial charge in [-0.05, 0) is 0 Å². The van der Waals surface area contributed by atoms with Crippen LogP contribution in [0.25, 0.3) is 0 Å². The predicted octanol–water partition coefficient (Wildman–Crippen LogP) is -6.43. The molecule has 0 aromatic heterocycles. The van der Waals surface area contributed by atoms with Crippen molar-refractivity contribution >= 4 is 175 Å². The van der Waals surface area contributed by atoms with Crippen LogP contribution in [0.3, 0.4) is 0 Å². The van der Waals surface area contributed by atoms with Crippen LogP contribution in [0.2, 0.25) is 0 Å². The van der Waals surface area contributed by atoms with Gasteiger partial charge in [0.25, 0.3) is 0 Å². The molecule has 30 heavy (non-hydrogen) atoms. The molecule has 0 aliphatic heterocycles. The van der Waals surface area contributed by atoms with Crippen molar-refractivity contribution < 1.29 is 69.6 Å². The minimum atomic E-state index is -2.74. The maximum absolute atomic E-state index is 10.3. The van der Waals surface area contributed by atoms with E-state index in [-0.39, 0.29) is 139 Å². The first-order chi connectivity index (χ1) is 11.6. The summed E-state index contributed by atoms with van der Waals surface area (Å²) in [6.45, 7) is 0. The molecule has 0 spiro atoms. The van der Waals surface area contributed by atoms with E-state index in [0.717, 1.165) is 0 Å². The Kier molecular flexibility index (Phi) is 31.4. The SMILES string of the molecule is O=C(O)CC(O)(CC(=O)O)C(=O)O.O=C(O)CC(O)(CC(=O)O)C(=O)O.[BiH3].[CaH2].[CaH2].[CaH2]. The van der Waals surface area contributed by atoms with E-state index in [4.69, 9.17) is 40.9 Å². The second-order valence-electron chi connectivity index (χ2n) is 4.96. The van der Waals surface area contributed by atoms with Gasteiger partial charge >= 0.3 is 175 Å². The minimum absolute atomic E-state index is 0. The summed E-state index contributed by atoms with van der Waals surface area (Å²) in [5, 5.41) is 67.6. The van der Waals surface area contributed by atoms with E-state index in [9.17, 15) is 28.8 Å². The van der Waals surface area contributed by atoms with Gasteiger partial charge in [-0.25, -0.2) is 9.59 Å². The number of rotatable bonds is 10. The Morgan fingerprint density at radius 3 is 0.667 bits per heavy atom. The van der Waals surface area contributed by atoms with E-state index >= 15 is 0 Å². The average Bonchev–Trinajstić information content (AvgIpc) is 2.34. The van der Waals surface area contributed by atoms with Crippen molar-refractivity contribution in [3.8, 4) is 0 Å². The molecule has 0 amide bonds. The van der Waals surface area contributed by atoms with Crippen molar-refractivity contribution in [2.75, 3.05) is 0 Å². The molecule has 0 aliphatic rings. The van der Waals surface area contributed by atoms with Gasteiger partial charge in [-0.3, -0.25) is 19.2 Å². The molecule has 0 unspecified atom stereocenters. The second-order valence-corrected chi connectivity index (χ2v) is 4.96. The van der Waals surface area contributed by atoms with Gasteiger partial charge < -0.3 is 40.9 Å². The molecule has 0 aliphatic carbocycles. The Hall–Kier alpha value is 1.40. The zero-order valence-corrected chi connectivity index (χ0v) is 19.1. The van der Waals surface area contributed by atoms with Crippen molar-refractivity contribution in [3.05, 3.63) is 0 Å². The summed E-state index contributed by atoms with van der Waals surface area (Å²) in [6.07, 6.45) is -4.58. The van der Waals surface area contributed by atoms with Crippen LogP contribution in [0, 0.1) is 0 Å². The van der Waals surface area contributed by atoms with Crippen molar-refractivity contribution in [2.24, 2.45) is 0 Å². The number of hydrogen-bond donors (Lipinski definition) is 8. The Morgan fingerprint density at radius 2 is 0.600 bits per heavy atom. The Bertz CT molecular complexity index is 527. The van der Waals surface area contributed by atoms with Gasteiger partial charge in [0.2, 0.25) is 0 Å². The molecule has 0 radical (unpaired) electrons. The first-order valence-corrected chi connectivity index (χ1v) is 6.34. The molecule has 0 bridgehead atoms. The van der Waals surface area contributed by atoms with E-state index in [1.54, 1.807) is 0 Å². The van der Waals surface area contributed by atoms with Gasteiger partial charge in [-0.15, -0.1) is 0 Å². The fourth-order valence-corrected chi connectivity index (χ4v) is 1.43. The van der Waals surface area contributed by atoms with Crippen LogP contribution in [-0.2, 0) is 28.8 Å². The number of carbonyl (C=O) groups is 6. The van der Waals surface area contributed by atoms with E-state index in [0.29, 0.717) is 0 Å². The fourth-order valence-electron chi connectivity index (χ4n) is 1.43. The first kappa shape index (κ1) is 45.0. The summed E-state index contributed by atoms with van der Waals surface area (Å²) >= 11 is 0.